The van der Waals surface area contributed by atoms with Crippen molar-refractivity contribution in [2.45, 2.75) is 19.3 Å². The molecule has 32 heavy (non-hydrogen) atoms. The number of pyridine rings is 4. The van der Waals surface area contributed by atoms with E-state index in [1.807, 2.05) is 67.3 Å². The molecule has 0 atom stereocenters. The summed E-state index contributed by atoms with van der Waals surface area (Å²) in [6.07, 6.45) is 7.58. The molecule has 0 unspecified atom stereocenters. The zero-order chi connectivity index (χ0) is 22.3. The summed E-state index contributed by atoms with van der Waals surface area (Å²) in [4.78, 5) is 17.0. The highest BCUT2D eigenvalue weighted by atomic mass is 19.1. The molecule has 0 amide bonds. The summed E-state index contributed by atoms with van der Waals surface area (Å²) < 4.78 is 29.4. The molecule has 0 bridgehead atoms. The van der Waals surface area contributed by atoms with Gasteiger partial charge in [0, 0.05) is 41.0 Å². The number of hydrogen-bond donors (Lipinski definition) is 0. The zero-order valence-electron chi connectivity index (χ0n) is 17.5. The molecule has 0 saturated heterocycles. The number of aromatic nitrogens is 5. The Morgan fingerprint density at radius 2 is 1.53 bits per heavy atom. The van der Waals surface area contributed by atoms with Gasteiger partial charge in [0.25, 0.3) is 0 Å². The molecule has 7 heteroatoms. The standard InChI is InChI=1S/C25H19F2N5/c1-25(2,20-6-3-5-19(29-20)18-9-10-22(26)31-24(18)27)21-7-4-8-23(30-21)32-14-16-11-12-28-13-17(16)15-32/h3-15H,1-2H3. The van der Waals surface area contributed by atoms with Crippen molar-refractivity contribution in [3.05, 3.63) is 103 Å². The quantitative estimate of drug-likeness (QED) is 0.356. The highest BCUT2D eigenvalue weighted by Gasteiger charge is 2.27. The third kappa shape index (κ3) is 3.51. The summed E-state index contributed by atoms with van der Waals surface area (Å²) in [6, 6.07) is 15.6. The number of rotatable bonds is 4. The third-order valence-corrected chi connectivity index (χ3v) is 5.56. The SMILES string of the molecule is CC(C)(c1cccc(-c2ccc(F)nc2F)n1)c1cccc(-n2cc3ccncc3c2)n1. The first-order valence-corrected chi connectivity index (χ1v) is 10.1. The first kappa shape index (κ1) is 19.9. The van der Waals surface area contributed by atoms with Gasteiger partial charge in [0.05, 0.1) is 22.6 Å². The monoisotopic (exact) mass is 427 g/mol. The average Bonchev–Trinajstić information content (AvgIpc) is 3.24. The summed E-state index contributed by atoms with van der Waals surface area (Å²) in [5.74, 6) is -0.976. The second-order valence-electron chi connectivity index (χ2n) is 8.06. The highest BCUT2D eigenvalue weighted by Crippen LogP contribution is 2.31. The minimum Gasteiger partial charge on any atom is -0.307 e. The van der Waals surface area contributed by atoms with Crippen molar-refractivity contribution in [3.8, 4) is 17.1 Å². The molecule has 0 fully saturated rings. The van der Waals surface area contributed by atoms with Gasteiger partial charge in [-0.1, -0.05) is 12.1 Å². The lowest BCUT2D eigenvalue weighted by atomic mass is 9.84. The Labute approximate surface area is 183 Å². The minimum absolute atomic E-state index is 0.151. The van der Waals surface area contributed by atoms with Crippen LogP contribution in [0.4, 0.5) is 8.78 Å². The van der Waals surface area contributed by atoms with Crippen LogP contribution in [0.3, 0.4) is 0 Å². The molecule has 158 valence electrons. The number of fused-ring (bicyclic) bond motifs is 1. The Hall–Kier alpha value is -4.00. The number of hydrogen-bond acceptors (Lipinski definition) is 4. The summed E-state index contributed by atoms with van der Waals surface area (Å²) in [5.41, 5.74) is 1.50. The second-order valence-corrected chi connectivity index (χ2v) is 8.06. The first-order chi connectivity index (χ1) is 15.4. The molecule has 0 aromatic carbocycles. The minimum atomic E-state index is -0.887. The lowest BCUT2D eigenvalue weighted by Gasteiger charge is -2.24. The molecule has 0 saturated carbocycles. The van der Waals surface area contributed by atoms with Gasteiger partial charge in [0.2, 0.25) is 11.9 Å². The van der Waals surface area contributed by atoms with E-state index in [1.54, 1.807) is 18.3 Å². The Kier molecular flexibility index (Phi) is 4.74. The smallest absolute Gasteiger partial charge is 0.224 e. The summed E-state index contributed by atoms with van der Waals surface area (Å²) in [5, 5.41) is 2.11. The Morgan fingerprint density at radius 3 is 2.31 bits per heavy atom. The average molecular weight is 427 g/mol. The van der Waals surface area contributed by atoms with Crippen molar-refractivity contribution in [1.29, 1.82) is 0 Å². The maximum Gasteiger partial charge on any atom is 0.224 e. The van der Waals surface area contributed by atoms with Gasteiger partial charge in [0.1, 0.15) is 5.82 Å². The van der Waals surface area contributed by atoms with E-state index >= 15 is 0 Å². The molecule has 0 N–H and O–H groups in total. The van der Waals surface area contributed by atoms with Crippen LogP contribution in [0.15, 0.2) is 79.4 Å². The second kappa shape index (κ2) is 7.60. The highest BCUT2D eigenvalue weighted by molar-refractivity contribution is 5.81. The van der Waals surface area contributed by atoms with Crippen molar-refractivity contribution in [2.24, 2.45) is 0 Å². The largest absolute Gasteiger partial charge is 0.307 e. The molecule has 5 aromatic heterocycles. The molecule has 5 rings (SSSR count). The van der Waals surface area contributed by atoms with Gasteiger partial charge in [-0.15, -0.1) is 0 Å². The van der Waals surface area contributed by atoms with Gasteiger partial charge >= 0.3 is 0 Å². The predicted octanol–water partition coefficient (Wildman–Crippen LogP) is 5.48. The van der Waals surface area contributed by atoms with Gasteiger partial charge in [0.15, 0.2) is 0 Å². The van der Waals surface area contributed by atoms with E-state index in [0.29, 0.717) is 11.4 Å². The fraction of sp³-hybridized carbons (Fsp3) is 0.120. The molecule has 5 heterocycles. The van der Waals surface area contributed by atoms with Crippen molar-refractivity contribution in [2.75, 3.05) is 0 Å². The molecule has 5 aromatic rings. The predicted molar refractivity (Wildman–Crippen MR) is 118 cm³/mol. The van der Waals surface area contributed by atoms with Crippen molar-refractivity contribution < 1.29 is 8.78 Å². The van der Waals surface area contributed by atoms with Crippen LogP contribution in [0.2, 0.25) is 0 Å². The van der Waals surface area contributed by atoms with Crippen molar-refractivity contribution in [1.82, 2.24) is 24.5 Å². The molecular formula is C25H19F2N5. The molecular weight excluding hydrogens is 408 g/mol. The van der Waals surface area contributed by atoms with Crippen LogP contribution < -0.4 is 0 Å². The fourth-order valence-corrected chi connectivity index (χ4v) is 3.69. The van der Waals surface area contributed by atoms with Gasteiger partial charge in [-0.25, -0.2) is 4.98 Å². The van der Waals surface area contributed by atoms with Crippen LogP contribution in [0.25, 0.3) is 27.8 Å². The molecule has 0 aliphatic carbocycles. The first-order valence-electron chi connectivity index (χ1n) is 10.1. The van der Waals surface area contributed by atoms with Crippen molar-refractivity contribution in [3.63, 3.8) is 0 Å². The Morgan fingerprint density at radius 1 is 0.781 bits per heavy atom. The molecule has 5 nitrogen and oxygen atoms in total. The third-order valence-electron chi connectivity index (χ3n) is 5.56. The summed E-state index contributed by atoms with van der Waals surface area (Å²) in [6.45, 7) is 4.03. The zero-order valence-corrected chi connectivity index (χ0v) is 17.5. The Balaban J connectivity index is 1.54. The van der Waals surface area contributed by atoms with Gasteiger partial charge in [-0.05, 0) is 56.3 Å². The maximum absolute atomic E-state index is 14.2. The fourth-order valence-electron chi connectivity index (χ4n) is 3.69. The lowest BCUT2D eigenvalue weighted by Crippen LogP contribution is -2.23. The van der Waals surface area contributed by atoms with Gasteiger partial charge < -0.3 is 4.57 Å². The van der Waals surface area contributed by atoms with E-state index in [-0.39, 0.29) is 5.56 Å². The maximum atomic E-state index is 14.2. The Bertz CT molecular complexity index is 1410. The van der Waals surface area contributed by atoms with E-state index in [0.717, 1.165) is 28.4 Å². The number of nitrogens with zero attached hydrogens (tertiary/aromatic N) is 5. The summed E-state index contributed by atoms with van der Waals surface area (Å²) >= 11 is 0. The van der Waals surface area contributed by atoms with E-state index in [9.17, 15) is 8.78 Å². The topological polar surface area (TPSA) is 56.5 Å². The van der Waals surface area contributed by atoms with E-state index in [1.165, 1.54) is 6.07 Å². The molecule has 0 radical (unpaired) electrons. The summed E-state index contributed by atoms with van der Waals surface area (Å²) in [7, 11) is 0. The molecule has 0 spiro atoms. The molecule has 0 aliphatic rings. The van der Waals surface area contributed by atoms with Crippen LogP contribution in [-0.2, 0) is 5.41 Å². The molecule has 0 aliphatic heterocycles. The lowest BCUT2D eigenvalue weighted by molar-refractivity contribution is 0.514. The van der Waals surface area contributed by atoms with E-state index < -0.39 is 17.3 Å². The van der Waals surface area contributed by atoms with Gasteiger partial charge in [-0.3, -0.25) is 9.97 Å². The van der Waals surface area contributed by atoms with Crippen LogP contribution in [0.5, 0.6) is 0 Å². The van der Waals surface area contributed by atoms with Crippen molar-refractivity contribution >= 4 is 10.8 Å². The van der Waals surface area contributed by atoms with Crippen LogP contribution in [-0.4, -0.2) is 24.5 Å². The van der Waals surface area contributed by atoms with E-state index in [4.69, 9.17) is 4.98 Å². The van der Waals surface area contributed by atoms with Crippen LogP contribution >= 0.6 is 0 Å². The van der Waals surface area contributed by atoms with E-state index in [2.05, 4.69) is 15.0 Å². The normalized spacial score (nSPS) is 11.8. The van der Waals surface area contributed by atoms with Gasteiger partial charge in [-0.2, -0.15) is 13.8 Å². The van der Waals surface area contributed by atoms with Crippen LogP contribution in [0, 0.1) is 11.9 Å². The van der Waals surface area contributed by atoms with Crippen LogP contribution in [0.1, 0.15) is 25.2 Å². The number of halogens is 2.